The number of oxazole rings is 1. The Morgan fingerprint density at radius 2 is 1.07 bits per heavy atom. The van der Waals surface area contributed by atoms with Crippen molar-refractivity contribution in [2.24, 2.45) is 0 Å². The molecule has 9 aromatic carbocycles. The van der Waals surface area contributed by atoms with E-state index in [1.807, 2.05) is 36.4 Å². The van der Waals surface area contributed by atoms with Gasteiger partial charge in [0.25, 0.3) is 0 Å². The Morgan fingerprint density at radius 3 is 1.86 bits per heavy atom. The van der Waals surface area contributed by atoms with Crippen LogP contribution in [0, 0.1) is 0 Å². The van der Waals surface area contributed by atoms with E-state index < -0.39 is 0 Å². The molecule has 0 saturated heterocycles. The first-order chi connectivity index (χ1) is 28.3. The van der Waals surface area contributed by atoms with Crippen LogP contribution >= 0.6 is 0 Å². The van der Waals surface area contributed by atoms with E-state index in [1.165, 1.54) is 27.1 Å². The third-order valence-electron chi connectivity index (χ3n) is 11.0. The Bertz CT molecular complexity index is 3240. The highest BCUT2D eigenvalue weighted by Crippen LogP contribution is 2.48. The van der Waals surface area contributed by atoms with Gasteiger partial charge in [0.15, 0.2) is 5.58 Å². The van der Waals surface area contributed by atoms with E-state index in [1.54, 1.807) is 0 Å². The Balaban J connectivity index is 1.19. The van der Waals surface area contributed by atoms with Crippen LogP contribution in [0.4, 0.5) is 17.1 Å². The summed E-state index contributed by atoms with van der Waals surface area (Å²) in [5.74, 6) is 0.606. The molecule has 4 heteroatoms. The number of anilines is 3. The highest BCUT2D eigenvalue weighted by atomic mass is 16.3. The molecule has 2 aromatic heterocycles. The van der Waals surface area contributed by atoms with Gasteiger partial charge >= 0.3 is 0 Å². The van der Waals surface area contributed by atoms with Crippen molar-refractivity contribution in [1.82, 2.24) is 9.55 Å². The van der Waals surface area contributed by atoms with E-state index in [4.69, 9.17) is 9.40 Å². The maximum atomic E-state index is 6.63. The summed E-state index contributed by atoms with van der Waals surface area (Å²) in [6, 6.07) is 75.2. The third kappa shape index (κ3) is 5.50. The minimum Gasteiger partial charge on any atom is -0.435 e. The van der Waals surface area contributed by atoms with E-state index in [2.05, 4.69) is 185 Å². The molecule has 57 heavy (non-hydrogen) atoms. The maximum Gasteiger partial charge on any atom is 0.227 e. The van der Waals surface area contributed by atoms with Crippen molar-refractivity contribution in [3.05, 3.63) is 212 Å². The van der Waals surface area contributed by atoms with E-state index in [0.29, 0.717) is 5.89 Å². The monoisotopic (exact) mass is 729 g/mol. The second-order valence-electron chi connectivity index (χ2n) is 14.3. The molecule has 2 heterocycles. The van der Waals surface area contributed by atoms with Gasteiger partial charge in [-0.15, -0.1) is 0 Å². The summed E-state index contributed by atoms with van der Waals surface area (Å²) in [6.07, 6.45) is 0. The van der Waals surface area contributed by atoms with Crippen LogP contribution < -0.4 is 4.90 Å². The fourth-order valence-corrected chi connectivity index (χ4v) is 8.45. The van der Waals surface area contributed by atoms with Crippen molar-refractivity contribution in [2.45, 2.75) is 0 Å². The third-order valence-corrected chi connectivity index (χ3v) is 11.0. The molecule has 0 radical (unpaired) electrons. The Hall–Kier alpha value is -7.69. The zero-order chi connectivity index (χ0) is 37.7. The molecule has 0 fully saturated rings. The van der Waals surface area contributed by atoms with Gasteiger partial charge in [0, 0.05) is 49.8 Å². The van der Waals surface area contributed by atoms with Crippen molar-refractivity contribution < 1.29 is 4.42 Å². The second-order valence-corrected chi connectivity index (χ2v) is 14.3. The average Bonchev–Trinajstić information content (AvgIpc) is 3.88. The molecule has 11 rings (SSSR count). The van der Waals surface area contributed by atoms with Crippen LogP contribution in [-0.4, -0.2) is 9.55 Å². The van der Waals surface area contributed by atoms with Gasteiger partial charge in [0.1, 0.15) is 5.52 Å². The average molecular weight is 730 g/mol. The minimum atomic E-state index is 0.606. The molecule has 4 nitrogen and oxygen atoms in total. The lowest BCUT2D eigenvalue weighted by Gasteiger charge is -2.30. The molecule has 0 aliphatic rings. The molecular weight excluding hydrogens is 695 g/mol. The van der Waals surface area contributed by atoms with Crippen molar-refractivity contribution in [3.63, 3.8) is 0 Å². The smallest absolute Gasteiger partial charge is 0.227 e. The zero-order valence-corrected chi connectivity index (χ0v) is 31.0. The largest absolute Gasteiger partial charge is 0.435 e. The van der Waals surface area contributed by atoms with Gasteiger partial charge in [0.2, 0.25) is 5.89 Å². The number of hydrogen-bond acceptors (Lipinski definition) is 3. The van der Waals surface area contributed by atoms with Gasteiger partial charge in [-0.25, -0.2) is 4.98 Å². The Kier molecular flexibility index (Phi) is 7.78. The van der Waals surface area contributed by atoms with Crippen molar-refractivity contribution >= 4 is 60.7 Å². The molecule has 0 spiro atoms. The van der Waals surface area contributed by atoms with Gasteiger partial charge in [0.05, 0.1) is 22.4 Å². The summed E-state index contributed by atoms with van der Waals surface area (Å²) in [5.41, 5.74) is 13.5. The van der Waals surface area contributed by atoms with Crippen LogP contribution in [0.15, 0.2) is 217 Å². The van der Waals surface area contributed by atoms with Crippen molar-refractivity contribution in [3.8, 4) is 39.4 Å². The van der Waals surface area contributed by atoms with Crippen LogP contribution in [0.2, 0.25) is 0 Å². The molecule has 11 aromatic rings. The highest BCUT2D eigenvalue weighted by molar-refractivity contribution is 6.19. The molecule has 0 unspecified atom stereocenters. The van der Waals surface area contributed by atoms with Gasteiger partial charge in [-0.3, -0.25) is 0 Å². The lowest BCUT2D eigenvalue weighted by molar-refractivity contribution is 0.621. The first-order valence-electron chi connectivity index (χ1n) is 19.3. The van der Waals surface area contributed by atoms with Crippen LogP contribution in [0.5, 0.6) is 0 Å². The summed E-state index contributed by atoms with van der Waals surface area (Å²) >= 11 is 0. The first kappa shape index (κ1) is 32.7. The number of hydrogen-bond donors (Lipinski definition) is 0. The van der Waals surface area contributed by atoms with Crippen LogP contribution in [0.1, 0.15) is 0 Å². The van der Waals surface area contributed by atoms with Crippen LogP contribution in [-0.2, 0) is 0 Å². The molecule has 0 aliphatic carbocycles. The zero-order valence-electron chi connectivity index (χ0n) is 31.0. The lowest BCUT2D eigenvalue weighted by atomic mass is 9.98. The predicted molar refractivity (Wildman–Crippen MR) is 237 cm³/mol. The number of rotatable bonds is 7. The van der Waals surface area contributed by atoms with Crippen molar-refractivity contribution in [1.29, 1.82) is 0 Å². The minimum absolute atomic E-state index is 0.606. The quantitative estimate of drug-likeness (QED) is 0.164. The maximum absolute atomic E-state index is 6.63. The molecular formula is C53H35N3O. The summed E-state index contributed by atoms with van der Waals surface area (Å²) in [7, 11) is 0. The fraction of sp³-hybridized carbons (Fsp3) is 0. The number of aromatic nitrogens is 2. The molecule has 0 bridgehead atoms. The molecule has 0 aliphatic heterocycles. The van der Waals surface area contributed by atoms with Gasteiger partial charge < -0.3 is 13.9 Å². The predicted octanol–water partition coefficient (Wildman–Crippen LogP) is 14.5. The standard InChI is InChI=1S/C53H35N3O/c1-4-17-36(18-5-1)41-24-12-14-29-48(41)55(49-30-15-13-26-43(49)45-27-16-28-47-52(45)57-53(54-47)38-20-6-2-7-21-38)40-32-34-50-46(35-40)44-33-31-37-19-10-11-25-42(37)51(44)56(50)39-22-8-3-9-23-39/h1-35H. The molecule has 0 atom stereocenters. The van der Waals surface area contributed by atoms with E-state index in [0.717, 1.165) is 67.2 Å². The molecule has 0 amide bonds. The normalized spacial score (nSPS) is 11.5. The number of nitrogens with zero attached hydrogens (tertiary/aromatic N) is 3. The molecule has 0 N–H and O–H groups in total. The summed E-state index contributed by atoms with van der Waals surface area (Å²) < 4.78 is 9.05. The van der Waals surface area contributed by atoms with Gasteiger partial charge in [-0.05, 0) is 71.6 Å². The number of para-hydroxylation sites is 4. The Labute approximate surface area is 330 Å². The van der Waals surface area contributed by atoms with Gasteiger partial charge in [-0.2, -0.15) is 0 Å². The lowest BCUT2D eigenvalue weighted by Crippen LogP contribution is -2.12. The SMILES string of the molecule is c1ccc(-c2nc3cccc(-c4ccccc4N(c4ccc5c(c4)c4ccc6ccccc6c4n5-c4ccccc4)c4ccccc4-c4ccccc4)c3o2)cc1. The molecule has 0 saturated carbocycles. The van der Waals surface area contributed by atoms with Crippen LogP contribution in [0.25, 0.3) is 83.1 Å². The van der Waals surface area contributed by atoms with E-state index in [9.17, 15) is 0 Å². The van der Waals surface area contributed by atoms with E-state index >= 15 is 0 Å². The summed E-state index contributed by atoms with van der Waals surface area (Å²) in [4.78, 5) is 7.36. The van der Waals surface area contributed by atoms with E-state index in [-0.39, 0.29) is 0 Å². The second kappa shape index (κ2) is 13.6. The first-order valence-corrected chi connectivity index (χ1v) is 19.3. The van der Waals surface area contributed by atoms with Crippen LogP contribution in [0.3, 0.4) is 0 Å². The topological polar surface area (TPSA) is 34.2 Å². The Morgan fingerprint density at radius 1 is 0.439 bits per heavy atom. The summed E-state index contributed by atoms with van der Waals surface area (Å²) in [6.45, 7) is 0. The number of benzene rings is 9. The van der Waals surface area contributed by atoms with Gasteiger partial charge in [-0.1, -0.05) is 152 Å². The molecule has 268 valence electrons. The van der Waals surface area contributed by atoms with Crippen molar-refractivity contribution in [2.75, 3.05) is 4.90 Å². The fourth-order valence-electron chi connectivity index (χ4n) is 8.45. The number of fused-ring (bicyclic) bond motifs is 6. The highest BCUT2D eigenvalue weighted by Gasteiger charge is 2.24. The summed E-state index contributed by atoms with van der Waals surface area (Å²) in [5, 5.41) is 4.83.